The molecule has 0 aliphatic carbocycles. The van der Waals surface area contributed by atoms with Gasteiger partial charge in [-0.1, -0.05) is 13.8 Å². The van der Waals surface area contributed by atoms with Gasteiger partial charge in [-0.2, -0.15) is 0 Å². The second-order valence-electron chi connectivity index (χ2n) is 5.49. The van der Waals surface area contributed by atoms with Gasteiger partial charge in [-0.15, -0.1) is 0 Å². The van der Waals surface area contributed by atoms with Crippen LogP contribution in [0, 0.1) is 17.0 Å². The van der Waals surface area contributed by atoms with Crippen LogP contribution < -0.4 is 0 Å². The lowest BCUT2D eigenvalue weighted by molar-refractivity contribution is -0.146. The molecule has 0 amide bonds. The molecule has 0 heterocycles. The van der Waals surface area contributed by atoms with Crippen LogP contribution in [-0.2, 0) is 11.2 Å². The summed E-state index contributed by atoms with van der Waals surface area (Å²) in [5.74, 6) is -2.35. The Kier molecular flexibility index (Phi) is 4.09. The molecule has 0 aliphatic heterocycles. The molecule has 100 valence electrons. The molecular weight excluding hydrogens is 238 g/mol. The van der Waals surface area contributed by atoms with Gasteiger partial charge >= 0.3 is 5.97 Å². The predicted octanol–water partition coefficient (Wildman–Crippen LogP) is 3.74. The Labute approximate surface area is 106 Å². The van der Waals surface area contributed by atoms with E-state index in [1.807, 2.05) is 13.8 Å². The molecule has 1 aromatic rings. The van der Waals surface area contributed by atoms with Gasteiger partial charge in [0.25, 0.3) is 0 Å². The molecule has 0 saturated heterocycles. The molecule has 18 heavy (non-hydrogen) atoms. The van der Waals surface area contributed by atoms with Crippen molar-refractivity contribution in [2.45, 2.75) is 40.0 Å². The largest absolute Gasteiger partial charge is 0.481 e. The number of halogens is 2. The summed E-state index contributed by atoms with van der Waals surface area (Å²) in [6.45, 7) is 6.66. The van der Waals surface area contributed by atoms with Crippen LogP contribution in [0.4, 0.5) is 8.78 Å². The Morgan fingerprint density at radius 3 is 2.28 bits per heavy atom. The molecule has 1 N–H and O–H groups in total. The van der Waals surface area contributed by atoms with Crippen LogP contribution >= 0.6 is 0 Å². The zero-order valence-corrected chi connectivity index (χ0v) is 11.1. The van der Waals surface area contributed by atoms with Crippen LogP contribution in [0.15, 0.2) is 12.1 Å². The first-order valence-corrected chi connectivity index (χ1v) is 5.86. The normalized spacial score (nSPS) is 11.9. The van der Waals surface area contributed by atoms with E-state index in [2.05, 4.69) is 0 Å². The average molecular weight is 256 g/mol. The third-order valence-electron chi connectivity index (χ3n) is 3.00. The lowest BCUT2D eigenvalue weighted by atomic mass is 9.84. The smallest absolute Gasteiger partial charge is 0.309 e. The fourth-order valence-corrected chi connectivity index (χ4v) is 1.74. The molecule has 0 spiro atoms. The Bertz CT molecular complexity index is 465. The third kappa shape index (κ3) is 3.06. The zero-order chi connectivity index (χ0) is 14.1. The van der Waals surface area contributed by atoms with Crippen LogP contribution in [0.25, 0.3) is 0 Å². The summed E-state index contributed by atoms with van der Waals surface area (Å²) in [6, 6.07) is 2.27. The number of carbonyl (C=O) groups is 1. The first-order valence-electron chi connectivity index (χ1n) is 5.86. The average Bonchev–Trinajstić information content (AvgIpc) is 2.21. The molecule has 1 rings (SSSR count). The summed E-state index contributed by atoms with van der Waals surface area (Å²) >= 11 is 0. The highest BCUT2D eigenvalue weighted by molar-refractivity contribution is 5.74. The minimum absolute atomic E-state index is 0.0359. The van der Waals surface area contributed by atoms with Gasteiger partial charge in [0.1, 0.15) is 11.6 Å². The van der Waals surface area contributed by atoms with E-state index in [9.17, 15) is 13.6 Å². The molecular formula is C14H18F2O2. The van der Waals surface area contributed by atoms with Crippen molar-refractivity contribution in [3.05, 3.63) is 34.9 Å². The van der Waals surface area contributed by atoms with Gasteiger partial charge in [0.05, 0.1) is 5.41 Å². The van der Waals surface area contributed by atoms with E-state index in [1.54, 1.807) is 0 Å². The summed E-state index contributed by atoms with van der Waals surface area (Å²) in [5, 5.41) is 9.03. The summed E-state index contributed by atoms with van der Waals surface area (Å²) in [5.41, 5.74) is -0.424. The van der Waals surface area contributed by atoms with Gasteiger partial charge in [-0.05, 0) is 43.4 Å². The molecule has 0 bridgehead atoms. The Hall–Kier alpha value is -1.45. The standard InChI is InChI=1S/C14H18F2O2/c1-8(2)10-5-9(11(15)6-12(10)16)7-14(3,4)13(17)18/h5-6,8H,7H2,1-4H3,(H,17,18). The molecule has 2 nitrogen and oxygen atoms in total. The molecule has 0 atom stereocenters. The van der Waals surface area contributed by atoms with Gasteiger partial charge in [0, 0.05) is 6.07 Å². The lowest BCUT2D eigenvalue weighted by Crippen LogP contribution is -2.26. The maximum absolute atomic E-state index is 13.7. The van der Waals surface area contributed by atoms with Crippen LogP contribution in [0.1, 0.15) is 44.7 Å². The number of hydrogen-bond donors (Lipinski definition) is 1. The molecule has 0 aliphatic rings. The molecule has 0 unspecified atom stereocenters. The van der Waals surface area contributed by atoms with E-state index in [0.717, 1.165) is 6.07 Å². The minimum atomic E-state index is -1.08. The van der Waals surface area contributed by atoms with Crippen LogP contribution in [0.3, 0.4) is 0 Å². The van der Waals surface area contributed by atoms with Crippen molar-refractivity contribution in [2.75, 3.05) is 0 Å². The Morgan fingerprint density at radius 1 is 1.28 bits per heavy atom. The molecule has 0 aromatic heterocycles. The van der Waals surface area contributed by atoms with Gasteiger partial charge < -0.3 is 5.11 Å². The summed E-state index contributed by atoms with van der Waals surface area (Å²) in [4.78, 5) is 11.0. The van der Waals surface area contributed by atoms with Crippen LogP contribution in [0.5, 0.6) is 0 Å². The Balaban J connectivity index is 3.18. The van der Waals surface area contributed by atoms with E-state index in [1.165, 1.54) is 19.9 Å². The topological polar surface area (TPSA) is 37.3 Å². The second-order valence-corrected chi connectivity index (χ2v) is 5.49. The maximum atomic E-state index is 13.7. The quantitative estimate of drug-likeness (QED) is 0.891. The van der Waals surface area contributed by atoms with Crippen molar-refractivity contribution in [1.82, 2.24) is 0 Å². The molecule has 4 heteroatoms. The van der Waals surface area contributed by atoms with Gasteiger partial charge in [-0.3, -0.25) is 4.79 Å². The van der Waals surface area contributed by atoms with Crippen molar-refractivity contribution < 1.29 is 18.7 Å². The van der Waals surface area contributed by atoms with Crippen LogP contribution in [0.2, 0.25) is 0 Å². The van der Waals surface area contributed by atoms with E-state index in [0.29, 0.717) is 5.56 Å². The van der Waals surface area contributed by atoms with Crippen molar-refractivity contribution >= 4 is 5.97 Å². The van der Waals surface area contributed by atoms with Gasteiger partial charge in [-0.25, -0.2) is 8.78 Å². The first-order chi connectivity index (χ1) is 8.15. The van der Waals surface area contributed by atoms with Crippen molar-refractivity contribution in [3.63, 3.8) is 0 Å². The van der Waals surface area contributed by atoms with E-state index in [-0.39, 0.29) is 17.9 Å². The zero-order valence-electron chi connectivity index (χ0n) is 11.1. The van der Waals surface area contributed by atoms with E-state index in [4.69, 9.17) is 5.11 Å². The second kappa shape index (κ2) is 5.04. The number of carboxylic acids is 1. The number of carboxylic acid groups (broad SMARTS) is 1. The minimum Gasteiger partial charge on any atom is -0.481 e. The highest BCUT2D eigenvalue weighted by atomic mass is 19.1. The van der Waals surface area contributed by atoms with Crippen LogP contribution in [-0.4, -0.2) is 11.1 Å². The highest BCUT2D eigenvalue weighted by Crippen LogP contribution is 2.28. The lowest BCUT2D eigenvalue weighted by Gasteiger charge is -2.20. The fourth-order valence-electron chi connectivity index (χ4n) is 1.74. The van der Waals surface area contributed by atoms with Crippen molar-refractivity contribution in [2.24, 2.45) is 5.41 Å². The number of rotatable bonds is 4. The number of benzene rings is 1. The maximum Gasteiger partial charge on any atom is 0.309 e. The summed E-state index contributed by atoms with van der Waals surface area (Å²) in [7, 11) is 0. The van der Waals surface area contributed by atoms with Crippen molar-refractivity contribution in [3.8, 4) is 0 Å². The number of aliphatic carboxylic acids is 1. The SMILES string of the molecule is CC(C)c1cc(CC(C)(C)C(=O)O)c(F)cc1F. The molecule has 1 aromatic carbocycles. The predicted molar refractivity (Wildman–Crippen MR) is 65.6 cm³/mol. The van der Waals surface area contributed by atoms with Crippen molar-refractivity contribution in [1.29, 1.82) is 0 Å². The third-order valence-corrected chi connectivity index (χ3v) is 3.00. The first kappa shape index (κ1) is 14.6. The van der Waals surface area contributed by atoms with E-state index >= 15 is 0 Å². The molecule has 0 fully saturated rings. The van der Waals surface area contributed by atoms with Gasteiger partial charge in [0.2, 0.25) is 0 Å². The fraction of sp³-hybridized carbons (Fsp3) is 0.500. The summed E-state index contributed by atoms with van der Waals surface area (Å²) < 4.78 is 27.2. The molecule has 0 saturated carbocycles. The monoisotopic (exact) mass is 256 g/mol. The Morgan fingerprint density at radius 2 is 1.83 bits per heavy atom. The number of hydrogen-bond acceptors (Lipinski definition) is 1. The summed E-state index contributed by atoms with van der Waals surface area (Å²) in [6.07, 6.45) is 0.0359. The van der Waals surface area contributed by atoms with Gasteiger partial charge in [0.15, 0.2) is 0 Å². The van der Waals surface area contributed by atoms with E-state index < -0.39 is 23.0 Å². The highest BCUT2D eigenvalue weighted by Gasteiger charge is 2.29. The molecule has 0 radical (unpaired) electrons.